The Kier molecular flexibility index (Phi) is 9.99. The molecule has 6 nitrogen and oxygen atoms in total. The van der Waals surface area contributed by atoms with E-state index >= 15 is 0 Å². The Morgan fingerprint density at radius 1 is 0.296 bits per heavy atom. The summed E-state index contributed by atoms with van der Waals surface area (Å²) in [5.74, 6) is 0. The first-order chi connectivity index (χ1) is 40.2. The van der Waals surface area contributed by atoms with Crippen LogP contribution in [0.1, 0.15) is 5.56 Å². The van der Waals surface area contributed by atoms with Crippen molar-refractivity contribution >= 4 is 105 Å². The molecule has 0 unspecified atom stereocenters. The SMILES string of the molecule is c1ccc([Si](c2ccccc2)(c2cccc(-c3ccc4c(c3)nc3n4-c4ccccc4CO3)c2)c2cccc(-n3c4ccc(-n5c6ccccc6c6ccccc65)cc4c4cc(-n5c6ccccc6c6ccccc65)ccc43)c2)cc1. The van der Waals surface area contributed by atoms with E-state index in [1.807, 2.05) is 0 Å². The van der Waals surface area contributed by atoms with Gasteiger partial charge in [-0.15, -0.1) is 0 Å². The average Bonchev–Trinajstić information content (AvgIpc) is 4.24. The van der Waals surface area contributed by atoms with Crippen LogP contribution in [0.2, 0.25) is 0 Å². The minimum atomic E-state index is -3.10. The second kappa shape index (κ2) is 17.8. The second-order valence-electron chi connectivity index (χ2n) is 21.4. The number of ether oxygens (including phenoxy) is 1. The van der Waals surface area contributed by atoms with Crippen LogP contribution < -0.4 is 25.5 Å². The van der Waals surface area contributed by atoms with Crippen molar-refractivity contribution in [3.8, 4) is 39.9 Å². The van der Waals surface area contributed by atoms with E-state index in [1.54, 1.807) is 0 Å². The summed E-state index contributed by atoms with van der Waals surface area (Å²) in [5.41, 5.74) is 16.9. The number of para-hydroxylation sites is 5. The van der Waals surface area contributed by atoms with E-state index in [1.165, 1.54) is 75.1 Å². The molecule has 0 N–H and O–H groups in total. The molecule has 0 fully saturated rings. The Morgan fingerprint density at radius 3 is 1.30 bits per heavy atom. The minimum Gasteiger partial charge on any atom is -0.459 e. The molecule has 1 aliphatic rings. The van der Waals surface area contributed by atoms with Gasteiger partial charge in [0.2, 0.25) is 0 Å². The molecule has 0 saturated carbocycles. The zero-order valence-electron chi connectivity index (χ0n) is 44.0. The van der Waals surface area contributed by atoms with Crippen LogP contribution in [0.3, 0.4) is 0 Å². The molecule has 0 aliphatic carbocycles. The number of fused-ring (bicyclic) bond motifs is 14. The molecule has 1 aliphatic heterocycles. The van der Waals surface area contributed by atoms with Gasteiger partial charge in [-0.2, -0.15) is 4.98 Å². The lowest BCUT2D eigenvalue weighted by atomic mass is 10.1. The Morgan fingerprint density at radius 2 is 0.728 bits per heavy atom. The predicted octanol–water partition coefficient (Wildman–Crippen LogP) is 15.3. The van der Waals surface area contributed by atoms with Gasteiger partial charge < -0.3 is 18.4 Å². The first-order valence-electron chi connectivity index (χ1n) is 27.8. The van der Waals surface area contributed by atoms with Gasteiger partial charge in [-0.05, 0) is 123 Å². The van der Waals surface area contributed by atoms with Crippen molar-refractivity contribution in [1.29, 1.82) is 0 Å². The third-order valence-electron chi connectivity index (χ3n) is 17.2. The fourth-order valence-corrected chi connectivity index (χ4v) is 18.5. The Bertz CT molecular complexity index is 4880. The highest BCUT2D eigenvalue weighted by molar-refractivity contribution is 7.20. The van der Waals surface area contributed by atoms with E-state index in [2.05, 4.69) is 303 Å². The molecule has 16 aromatic rings. The molecule has 7 heteroatoms. The molecule has 5 heterocycles. The smallest absolute Gasteiger partial charge is 0.302 e. The normalized spacial score (nSPS) is 12.5. The van der Waals surface area contributed by atoms with Crippen LogP contribution in [0.4, 0.5) is 0 Å². The van der Waals surface area contributed by atoms with Gasteiger partial charge in [0.15, 0.2) is 8.07 Å². The fourth-order valence-electron chi connectivity index (χ4n) is 13.7. The highest BCUT2D eigenvalue weighted by Crippen LogP contribution is 2.40. The van der Waals surface area contributed by atoms with Crippen LogP contribution >= 0.6 is 0 Å². The second-order valence-corrected chi connectivity index (χ2v) is 25.3. The summed E-state index contributed by atoms with van der Waals surface area (Å²) < 4.78 is 15.8. The lowest BCUT2D eigenvalue weighted by molar-refractivity contribution is 0.265. The van der Waals surface area contributed by atoms with Crippen LogP contribution in [-0.2, 0) is 6.61 Å². The number of imidazole rings is 1. The van der Waals surface area contributed by atoms with E-state index in [-0.39, 0.29) is 0 Å². The molecular formula is C74H49N5OSi. The maximum absolute atomic E-state index is 6.23. The van der Waals surface area contributed by atoms with Crippen molar-refractivity contribution in [2.45, 2.75) is 6.61 Å². The van der Waals surface area contributed by atoms with E-state index in [9.17, 15) is 0 Å². The van der Waals surface area contributed by atoms with E-state index in [0.717, 1.165) is 61.5 Å². The number of hydrogen-bond donors (Lipinski definition) is 0. The molecule has 12 aromatic carbocycles. The van der Waals surface area contributed by atoms with Gasteiger partial charge in [0.25, 0.3) is 0 Å². The van der Waals surface area contributed by atoms with E-state index in [0.29, 0.717) is 12.6 Å². The highest BCUT2D eigenvalue weighted by Gasteiger charge is 2.42. The quantitative estimate of drug-likeness (QED) is 0.112. The summed E-state index contributed by atoms with van der Waals surface area (Å²) in [6, 6.07) is 106. The van der Waals surface area contributed by atoms with Gasteiger partial charge in [-0.25, -0.2) is 0 Å². The van der Waals surface area contributed by atoms with Gasteiger partial charge in [0.1, 0.15) is 6.61 Å². The molecule has 0 bridgehead atoms. The summed E-state index contributed by atoms with van der Waals surface area (Å²) in [6.45, 7) is 0.507. The van der Waals surface area contributed by atoms with Crippen LogP contribution in [0.15, 0.2) is 285 Å². The lowest BCUT2D eigenvalue weighted by Gasteiger charge is -2.35. The third kappa shape index (κ3) is 6.76. The van der Waals surface area contributed by atoms with Crippen molar-refractivity contribution < 1.29 is 4.74 Å². The number of rotatable bonds is 8. The van der Waals surface area contributed by atoms with Crippen molar-refractivity contribution in [2.24, 2.45) is 0 Å². The molecule has 0 spiro atoms. The molecule has 0 amide bonds. The fraction of sp³-hybridized carbons (Fsp3) is 0.0135. The van der Waals surface area contributed by atoms with Crippen molar-refractivity contribution in [2.75, 3.05) is 0 Å². The Labute approximate surface area is 467 Å². The van der Waals surface area contributed by atoms with Crippen LogP contribution in [-0.4, -0.2) is 31.3 Å². The summed E-state index contributed by atoms with van der Waals surface area (Å²) >= 11 is 0. The van der Waals surface area contributed by atoms with Crippen LogP contribution in [0.25, 0.3) is 110 Å². The van der Waals surface area contributed by atoms with Gasteiger partial charge in [-0.1, -0.05) is 194 Å². The average molecular weight is 1050 g/mol. The summed E-state index contributed by atoms with van der Waals surface area (Å²) in [5, 5.41) is 12.6. The molecule has 17 rings (SSSR count). The summed E-state index contributed by atoms with van der Waals surface area (Å²) in [7, 11) is -3.10. The monoisotopic (exact) mass is 1050 g/mol. The molecular weight excluding hydrogens is 1000 g/mol. The zero-order chi connectivity index (χ0) is 53.2. The van der Waals surface area contributed by atoms with Gasteiger partial charge in [0, 0.05) is 54.9 Å². The topological polar surface area (TPSA) is 41.8 Å². The van der Waals surface area contributed by atoms with E-state index < -0.39 is 8.07 Å². The first kappa shape index (κ1) is 45.5. The Balaban J connectivity index is 0.889. The molecule has 0 saturated heterocycles. The Hall–Kier alpha value is -10.5. The van der Waals surface area contributed by atoms with Crippen LogP contribution in [0.5, 0.6) is 6.01 Å². The van der Waals surface area contributed by atoms with Gasteiger partial charge >= 0.3 is 6.01 Å². The van der Waals surface area contributed by atoms with Gasteiger partial charge in [0.05, 0.1) is 49.8 Å². The number of aromatic nitrogens is 5. The van der Waals surface area contributed by atoms with E-state index in [4.69, 9.17) is 9.72 Å². The molecule has 380 valence electrons. The summed E-state index contributed by atoms with van der Waals surface area (Å²) in [4.78, 5) is 5.06. The van der Waals surface area contributed by atoms with Crippen molar-refractivity contribution in [1.82, 2.24) is 23.3 Å². The zero-order valence-corrected chi connectivity index (χ0v) is 45.0. The number of nitrogens with zero attached hydrogens (tertiary/aromatic N) is 5. The predicted molar refractivity (Wildman–Crippen MR) is 337 cm³/mol. The highest BCUT2D eigenvalue weighted by atomic mass is 28.3. The molecule has 81 heavy (non-hydrogen) atoms. The first-order valence-corrected chi connectivity index (χ1v) is 29.8. The lowest BCUT2D eigenvalue weighted by Crippen LogP contribution is -2.74. The summed E-state index contributed by atoms with van der Waals surface area (Å²) in [6.07, 6.45) is 0. The molecule has 4 aromatic heterocycles. The number of benzene rings is 12. The third-order valence-corrected chi connectivity index (χ3v) is 22.0. The molecule has 0 atom stereocenters. The van der Waals surface area contributed by atoms with Gasteiger partial charge in [-0.3, -0.25) is 4.57 Å². The largest absolute Gasteiger partial charge is 0.459 e. The van der Waals surface area contributed by atoms with Crippen molar-refractivity contribution in [3.05, 3.63) is 291 Å². The number of hydrogen-bond acceptors (Lipinski definition) is 2. The van der Waals surface area contributed by atoms with Crippen LogP contribution in [0, 0.1) is 0 Å². The minimum absolute atomic E-state index is 0.507. The maximum Gasteiger partial charge on any atom is 0.302 e. The molecule has 0 radical (unpaired) electrons. The standard InChI is InChI=1S/C74H49N5OSi/c1-3-22-55(23-4-1)81(56-24-5-2-6-25-56,57-26-17-20-49(43-57)50-37-40-73-65(44-50)75-74-79(73)66-32-12-7-19-51(66)48-80-74)58-27-18-21-52(45-58)76-71-41-38-53(77-67-33-13-8-28-59(67)60-29-9-14-34-68(60)77)46-63(71)64-47-54(39-42-72(64)76)78-69-35-15-10-30-61(69)62-31-11-16-36-70(62)78/h1-47H,48H2. The van der Waals surface area contributed by atoms with Crippen molar-refractivity contribution in [3.63, 3.8) is 0 Å². The maximum atomic E-state index is 6.23.